The summed E-state index contributed by atoms with van der Waals surface area (Å²) in [5, 5.41) is 2.43. The van der Waals surface area contributed by atoms with Crippen molar-refractivity contribution in [1.29, 1.82) is 0 Å². The number of hydrogen-bond acceptors (Lipinski definition) is 6. The number of pyridine rings is 1. The minimum Gasteiger partial charge on any atom is -0.379 e. The molecule has 1 fully saturated rings. The molecule has 2 aromatic heterocycles. The van der Waals surface area contributed by atoms with Gasteiger partial charge in [0.05, 0.1) is 28.8 Å². The highest BCUT2D eigenvalue weighted by molar-refractivity contribution is 7.89. The average Bonchev–Trinajstić information content (AvgIpc) is 3.14. The van der Waals surface area contributed by atoms with Crippen molar-refractivity contribution >= 4 is 38.6 Å². The lowest BCUT2D eigenvalue weighted by molar-refractivity contribution is 0.0730. The molecule has 0 amide bonds. The van der Waals surface area contributed by atoms with Gasteiger partial charge in [-0.3, -0.25) is 4.98 Å². The lowest BCUT2D eigenvalue weighted by Crippen LogP contribution is -2.40. The van der Waals surface area contributed by atoms with Crippen LogP contribution in [-0.2, 0) is 27.7 Å². The third kappa shape index (κ3) is 5.07. The van der Waals surface area contributed by atoms with E-state index in [0.717, 1.165) is 22.6 Å². The molecule has 1 aliphatic rings. The molecule has 0 spiro atoms. The smallest absolute Gasteiger partial charge is 0.243 e. The highest BCUT2D eigenvalue weighted by Gasteiger charge is 2.26. The topological polar surface area (TPSA) is 76.8 Å². The molecule has 3 heterocycles. The summed E-state index contributed by atoms with van der Waals surface area (Å²) in [5.74, 6) is 0. The maximum absolute atomic E-state index is 13.0. The molecular formula is C21H23ClN4O3S2. The predicted molar refractivity (Wildman–Crippen MR) is 121 cm³/mol. The quantitative estimate of drug-likeness (QED) is 0.544. The van der Waals surface area contributed by atoms with Crippen LogP contribution in [0.2, 0.25) is 5.02 Å². The van der Waals surface area contributed by atoms with E-state index in [1.807, 2.05) is 30.5 Å². The van der Waals surface area contributed by atoms with E-state index in [1.54, 1.807) is 18.3 Å². The summed E-state index contributed by atoms with van der Waals surface area (Å²) in [4.78, 5) is 10.0. The zero-order valence-electron chi connectivity index (χ0n) is 17.1. The Bertz CT molecular complexity index is 1220. The molecule has 1 saturated heterocycles. The fourth-order valence-electron chi connectivity index (χ4n) is 3.32. The maximum atomic E-state index is 13.0. The third-order valence-corrected chi connectivity index (χ3v) is 8.25. The Balaban J connectivity index is 1.65. The standard InChI is InChI=1S/C21H23ClN4O3S2/c1-16-15-30-21(26(16)9-7-17-4-2-3-8-23-17)24-20-14-18(5-6-19(20)22)31(27,28)25-10-12-29-13-11-25/h2-6,8,14-15H,7,9-13H2,1H3. The molecule has 0 aliphatic carbocycles. The molecule has 0 unspecified atom stereocenters. The summed E-state index contributed by atoms with van der Waals surface area (Å²) in [6, 6.07) is 10.5. The van der Waals surface area contributed by atoms with Gasteiger partial charge in [0.25, 0.3) is 0 Å². The van der Waals surface area contributed by atoms with E-state index in [2.05, 4.69) is 9.55 Å². The summed E-state index contributed by atoms with van der Waals surface area (Å²) in [6.07, 6.45) is 2.55. The van der Waals surface area contributed by atoms with Crippen molar-refractivity contribution in [3.63, 3.8) is 0 Å². The Morgan fingerprint density at radius 3 is 2.77 bits per heavy atom. The van der Waals surface area contributed by atoms with Crippen LogP contribution in [0.25, 0.3) is 0 Å². The van der Waals surface area contributed by atoms with Crippen molar-refractivity contribution < 1.29 is 13.2 Å². The molecule has 7 nitrogen and oxygen atoms in total. The second-order valence-electron chi connectivity index (χ2n) is 7.12. The molecular weight excluding hydrogens is 456 g/mol. The number of benzene rings is 1. The Morgan fingerprint density at radius 1 is 1.23 bits per heavy atom. The summed E-state index contributed by atoms with van der Waals surface area (Å²) in [6.45, 7) is 4.22. The van der Waals surface area contributed by atoms with Gasteiger partial charge in [-0.05, 0) is 37.3 Å². The van der Waals surface area contributed by atoms with Crippen LogP contribution in [0.1, 0.15) is 11.4 Å². The van der Waals surface area contributed by atoms with Gasteiger partial charge in [0.1, 0.15) is 0 Å². The Labute approximate surface area is 190 Å². The van der Waals surface area contributed by atoms with E-state index >= 15 is 0 Å². The molecule has 4 rings (SSSR count). The Morgan fingerprint density at radius 2 is 2.03 bits per heavy atom. The van der Waals surface area contributed by atoms with Gasteiger partial charge >= 0.3 is 0 Å². The third-order valence-electron chi connectivity index (χ3n) is 5.05. The zero-order chi connectivity index (χ0) is 21.8. The molecule has 1 aliphatic heterocycles. The van der Waals surface area contributed by atoms with Crippen molar-refractivity contribution in [3.8, 4) is 0 Å². The number of aryl methyl sites for hydroxylation is 2. The first-order valence-corrected chi connectivity index (χ1v) is 12.6. The van der Waals surface area contributed by atoms with Crippen molar-refractivity contribution in [1.82, 2.24) is 13.9 Å². The van der Waals surface area contributed by atoms with E-state index in [9.17, 15) is 8.42 Å². The van der Waals surface area contributed by atoms with Gasteiger partial charge in [0.15, 0.2) is 4.80 Å². The SMILES string of the molecule is Cc1csc(=Nc2cc(S(=O)(=O)N3CCOCC3)ccc2Cl)n1CCc1ccccn1. The second kappa shape index (κ2) is 9.62. The number of sulfonamides is 1. The molecule has 31 heavy (non-hydrogen) atoms. The van der Waals surface area contributed by atoms with Crippen molar-refractivity contribution in [2.24, 2.45) is 4.99 Å². The lowest BCUT2D eigenvalue weighted by atomic mass is 10.2. The number of aromatic nitrogens is 2. The highest BCUT2D eigenvalue weighted by atomic mass is 35.5. The molecule has 0 radical (unpaired) electrons. The van der Waals surface area contributed by atoms with Gasteiger partial charge in [-0.25, -0.2) is 13.4 Å². The Hall–Kier alpha value is -2.04. The summed E-state index contributed by atoms with van der Waals surface area (Å²) in [5.41, 5.74) is 2.51. The predicted octanol–water partition coefficient (Wildman–Crippen LogP) is 3.40. The largest absolute Gasteiger partial charge is 0.379 e. The van der Waals surface area contributed by atoms with Crippen LogP contribution in [0.4, 0.5) is 5.69 Å². The number of nitrogens with zero attached hydrogens (tertiary/aromatic N) is 4. The molecule has 3 aromatic rings. The van der Waals surface area contributed by atoms with E-state index in [4.69, 9.17) is 21.3 Å². The first-order valence-electron chi connectivity index (χ1n) is 9.92. The fraction of sp³-hybridized carbons (Fsp3) is 0.333. The minimum atomic E-state index is -3.62. The van der Waals surface area contributed by atoms with Gasteiger partial charge in [-0.15, -0.1) is 11.3 Å². The molecule has 0 bridgehead atoms. The summed E-state index contributed by atoms with van der Waals surface area (Å²) < 4.78 is 34.8. The van der Waals surface area contributed by atoms with Gasteiger partial charge in [0.2, 0.25) is 10.0 Å². The van der Waals surface area contributed by atoms with E-state index in [-0.39, 0.29) is 4.90 Å². The molecule has 0 saturated carbocycles. The van der Waals surface area contributed by atoms with Gasteiger partial charge in [-0.1, -0.05) is 17.7 Å². The van der Waals surface area contributed by atoms with Crippen LogP contribution in [0, 0.1) is 6.92 Å². The van der Waals surface area contributed by atoms with Gasteiger partial charge in [-0.2, -0.15) is 4.31 Å². The van der Waals surface area contributed by atoms with Crippen LogP contribution in [0.15, 0.2) is 57.9 Å². The zero-order valence-corrected chi connectivity index (χ0v) is 19.5. The molecule has 0 atom stereocenters. The average molecular weight is 479 g/mol. The van der Waals surface area contributed by atoms with Crippen LogP contribution < -0.4 is 4.80 Å². The number of morpholine rings is 1. The van der Waals surface area contributed by atoms with Crippen LogP contribution >= 0.6 is 22.9 Å². The Kier molecular flexibility index (Phi) is 6.88. The number of rotatable bonds is 6. The van der Waals surface area contributed by atoms with E-state index in [1.165, 1.54) is 21.7 Å². The number of halogens is 1. The second-order valence-corrected chi connectivity index (χ2v) is 10.3. The van der Waals surface area contributed by atoms with Gasteiger partial charge < -0.3 is 9.30 Å². The number of ether oxygens (including phenoxy) is 1. The van der Waals surface area contributed by atoms with Crippen molar-refractivity contribution in [3.05, 3.63) is 69.2 Å². The lowest BCUT2D eigenvalue weighted by Gasteiger charge is -2.26. The van der Waals surface area contributed by atoms with Gasteiger partial charge in [0, 0.05) is 49.0 Å². The molecule has 0 N–H and O–H groups in total. The van der Waals surface area contributed by atoms with Crippen LogP contribution in [0.5, 0.6) is 0 Å². The van der Waals surface area contributed by atoms with Crippen LogP contribution in [-0.4, -0.2) is 48.6 Å². The van der Waals surface area contributed by atoms with E-state index in [0.29, 0.717) is 43.6 Å². The van der Waals surface area contributed by atoms with Crippen molar-refractivity contribution in [2.45, 2.75) is 24.8 Å². The normalized spacial score (nSPS) is 16.0. The summed E-state index contributed by atoms with van der Waals surface area (Å²) in [7, 11) is -3.62. The van der Waals surface area contributed by atoms with Crippen LogP contribution in [0.3, 0.4) is 0 Å². The molecule has 1 aromatic carbocycles. The number of thiazole rings is 1. The molecule has 10 heteroatoms. The monoisotopic (exact) mass is 478 g/mol. The fourth-order valence-corrected chi connectivity index (χ4v) is 5.83. The van der Waals surface area contributed by atoms with E-state index < -0.39 is 10.0 Å². The minimum absolute atomic E-state index is 0.186. The highest BCUT2D eigenvalue weighted by Crippen LogP contribution is 2.29. The first kappa shape index (κ1) is 22.2. The number of hydrogen-bond donors (Lipinski definition) is 0. The summed E-state index contributed by atoms with van der Waals surface area (Å²) >= 11 is 7.87. The maximum Gasteiger partial charge on any atom is 0.243 e. The molecule has 164 valence electrons. The first-order chi connectivity index (χ1) is 14.9. The van der Waals surface area contributed by atoms with Crippen molar-refractivity contribution in [2.75, 3.05) is 26.3 Å².